The van der Waals surface area contributed by atoms with Crippen molar-refractivity contribution >= 4 is 5.78 Å². The van der Waals surface area contributed by atoms with Crippen molar-refractivity contribution < 1.29 is 14.3 Å². The highest BCUT2D eigenvalue weighted by atomic mass is 19.1. The number of hydrogen-bond acceptors (Lipinski definition) is 1. The molecule has 0 amide bonds. The van der Waals surface area contributed by atoms with Gasteiger partial charge in [-0.15, -0.1) is 0 Å². The lowest BCUT2D eigenvalue weighted by atomic mass is 10.5. The Morgan fingerprint density at radius 2 is 2.17 bits per heavy atom. The molecule has 0 aliphatic carbocycles. The van der Waals surface area contributed by atoms with Crippen LogP contribution >= 0.6 is 0 Å². The van der Waals surface area contributed by atoms with E-state index in [2.05, 4.69) is 0 Å². The second-order valence-corrected chi connectivity index (χ2v) is 0.817. The summed E-state index contributed by atoms with van der Waals surface area (Å²) in [6.45, 7) is -2.06. The highest BCUT2D eigenvalue weighted by Gasteiger charge is 1.93. The molecule has 0 bridgehead atoms. The van der Waals surface area contributed by atoms with Gasteiger partial charge < -0.3 is 0 Å². The minimum atomic E-state index is -1.12. The molecule has 0 aromatic heterocycles. The first-order valence-electron chi connectivity index (χ1n) is 1.47. The largest absolute Gasteiger partial charge is 0.294 e. The molecule has 0 spiro atoms. The number of Topliss-reactive ketones (excluding diaryl/α,β-unsaturated/α-hetero) is 1. The van der Waals surface area contributed by atoms with Crippen LogP contribution in [0.1, 0.15) is 0 Å². The van der Waals surface area contributed by atoms with Gasteiger partial charge in [0, 0.05) is 0 Å². The molecular weight excluding hydrogens is 87.0 g/mol. The fraction of sp³-hybridized carbons (Fsp3) is 0.667. The molecule has 3 heteroatoms. The van der Waals surface area contributed by atoms with Gasteiger partial charge in [-0.3, -0.25) is 4.79 Å². The Bertz CT molecular complexity index is 46.8. The average molecular weight is 91.1 g/mol. The average Bonchev–Trinajstić information content (AvgIpc) is 1.65. The van der Waals surface area contributed by atoms with Crippen LogP contribution in [0.5, 0.6) is 0 Å². The molecule has 6 heavy (non-hydrogen) atoms. The number of alkyl halides is 1. The Hall–Kier alpha value is -0.440. The third-order valence-electron chi connectivity index (χ3n) is 0.310. The molecule has 1 radical (unpaired) electrons. The third-order valence-corrected chi connectivity index (χ3v) is 0.310. The van der Waals surface area contributed by atoms with Crippen molar-refractivity contribution in [1.82, 2.24) is 0 Å². The number of halogens is 1. The lowest BCUT2D eigenvalue weighted by Gasteiger charge is -1.76. The van der Waals surface area contributed by atoms with Crippen LogP contribution in [0.15, 0.2) is 0 Å². The maximum absolute atomic E-state index is 10.8. The molecule has 0 aromatic carbocycles. The standard InChI is InChI=1S/C3H4FO2/c4-1-3(6)2-5/h1-2H2. The van der Waals surface area contributed by atoms with Crippen LogP contribution < -0.4 is 0 Å². The van der Waals surface area contributed by atoms with Crippen LogP contribution in [0.25, 0.3) is 0 Å². The molecule has 0 unspecified atom stereocenters. The van der Waals surface area contributed by atoms with Crippen molar-refractivity contribution in [3.05, 3.63) is 0 Å². The number of carbonyl (C=O) groups is 1. The molecule has 0 fully saturated rings. The van der Waals surface area contributed by atoms with Gasteiger partial charge in [0.15, 0.2) is 12.5 Å². The number of hydrogen-bond donors (Lipinski definition) is 0. The molecule has 0 N–H and O–H groups in total. The molecule has 0 atom stereocenters. The number of ketones is 1. The summed E-state index contributed by atoms with van der Waals surface area (Å²) in [4.78, 5) is 9.49. The summed E-state index contributed by atoms with van der Waals surface area (Å²) in [5, 5.41) is 9.27. The molecule has 2 nitrogen and oxygen atoms in total. The van der Waals surface area contributed by atoms with E-state index in [1.54, 1.807) is 0 Å². The molecule has 0 rings (SSSR count). The van der Waals surface area contributed by atoms with E-state index in [0.717, 1.165) is 0 Å². The summed E-state index contributed by atoms with van der Waals surface area (Å²) in [7, 11) is 0. The first-order valence-corrected chi connectivity index (χ1v) is 1.47. The Labute approximate surface area is 34.6 Å². The quantitative estimate of drug-likeness (QED) is 0.469. The van der Waals surface area contributed by atoms with Gasteiger partial charge in [-0.05, 0) is 0 Å². The maximum atomic E-state index is 10.8. The first-order chi connectivity index (χ1) is 2.81. The smallest absolute Gasteiger partial charge is 0.192 e. The van der Waals surface area contributed by atoms with Crippen molar-refractivity contribution in [3.8, 4) is 0 Å². The van der Waals surface area contributed by atoms with E-state index in [4.69, 9.17) is 0 Å². The fourth-order valence-electron chi connectivity index (χ4n) is 0.0386. The second kappa shape index (κ2) is 2.78. The summed E-state index contributed by atoms with van der Waals surface area (Å²) < 4.78 is 10.8. The normalized spacial score (nSPS) is 8.33. The third kappa shape index (κ3) is 1.84. The van der Waals surface area contributed by atoms with E-state index in [9.17, 15) is 14.3 Å². The molecular formula is C3H4FO2. The monoisotopic (exact) mass is 91.0 g/mol. The maximum Gasteiger partial charge on any atom is 0.192 e. The van der Waals surface area contributed by atoms with Crippen LogP contribution in [-0.4, -0.2) is 19.1 Å². The van der Waals surface area contributed by atoms with Crippen molar-refractivity contribution in [2.24, 2.45) is 0 Å². The van der Waals surface area contributed by atoms with Crippen molar-refractivity contribution in [2.75, 3.05) is 13.3 Å². The second-order valence-electron chi connectivity index (χ2n) is 0.817. The van der Waals surface area contributed by atoms with Crippen molar-refractivity contribution in [1.29, 1.82) is 0 Å². The van der Waals surface area contributed by atoms with E-state index in [1.807, 2.05) is 0 Å². The molecule has 35 valence electrons. The van der Waals surface area contributed by atoms with Crippen molar-refractivity contribution in [2.45, 2.75) is 0 Å². The summed E-state index contributed by atoms with van der Waals surface area (Å²) in [6, 6.07) is 0. The van der Waals surface area contributed by atoms with E-state index in [-0.39, 0.29) is 0 Å². The van der Waals surface area contributed by atoms with Gasteiger partial charge in [-0.25, -0.2) is 9.50 Å². The zero-order chi connectivity index (χ0) is 4.99. The van der Waals surface area contributed by atoms with E-state index < -0.39 is 19.1 Å². The van der Waals surface area contributed by atoms with Crippen molar-refractivity contribution in [3.63, 3.8) is 0 Å². The predicted octanol–water partition coefficient (Wildman–Crippen LogP) is -0.0445. The fourth-order valence-corrected chi connectivity index (χ4v) is 0.0386. The molecule has 0 aromatic rings. The summed E-state index contributed by atoms with van der Waals surface area (Å²) >= 11 is 0. The lowest BCUT2D eigenvalue weighted by Crippen LogP contribution is -2.02. The lowest BCUT2D eigenvalue weighted by molar-refractivity contribution is -0.124. The van der Waals surface area contributed by atoms with E-state index >= 15 is 0 Å². The highest BCUT2D eigenvalue weighted by Crippen LogP contribution is 1.68. The van der Waals surface area contributed by atoms with Gasteiger partial charge in [-0.1, -0.05) is 0 Å². The van der Waals surface area contributed by atoms with Gasteiger partial charge in [0.2, 0.25) is 0 Å². The van der Waals surface area contributed by atoms with Gasteiger partial charge >= 0.3 is 0 Å². The predicted molar refractivity (Wildman–Crippen MR) is 16.5 cm³/mol. The van der Waals surface area contributed by atoms with Crippen LogP contribution in [0.3, 0.4) is 0 Å². The molecule has 0 saturated heterocycles. The summed E-state index contributed by atoms with van der Waals surface area (Å²) in [5.41, 5.74) is 0. The summed E-state index contributed by atoms with van der Waals surface area (Å²) in [5.74, 6) is -0.880. The van der Waals surface area contributed by atoms with Crippen LogP contribution in [0.4, 0.5) is 4.39 Å². The van der Waals surface area contributed by atoms with Crippen LogP contribution in [0, 0.1) is 0 Å². The molecule has 0 heterocycles. The van der Waals surface area contributed by atoms with Crippen LogP contribution in [-0.2, 0) is 9.90 Å². The number of carbonyl (C=O) groups excluding carboxylic acids is 1. The topological polar surface area (TPSA) is 37.0 Å². The summed E-state index contributed by atoms with van der Waals surface area (Å²) in [6.07, 6.45) is 0. The molecule has 0 aliphatic heterocycles. The number of rotatable bonds is 2. The Morgan fingerprint density at radius 3 is 2.17 bits per heavy atom. The van der Waals surface area contributed by atoms with E-state index in [1.165, 1.54) is 0 Å². The minimum absolute atomic E-state index is 0.880. The zero-order valence-electron chi connectivity index (χ0n) is 3.11. The SMILES string of the molecule is [O]CC(=O)CF. The highest BCUT2D eigenvalue weighted by molar-refractivity contribution is 5.80. The van der Waals surface area contributed by atoms with Gasteiger partial charge in [-0.2, -0.15) is 0 Å². The first kappa shape index (κ1) is 5.56. The van der Waals surface area contributed by atoms with Crippen LogP contribution in [0.2, 0.25) is 0 Å². The Kier molecular flexibility index (Phi) is 2.58. The molecule has 0 aliphatic rings. The van der Waals surface area contributed by atoms with Gasteiger partial charge in [0.25, 0.3) is 0 Å². The Balaban J connectivity index is 2.99. The zero-order valence-corrected chi connectivity index (χ0v) is 3.11. The molecule has 0 saturated carbocycles. The minimum Gasteiger partial charge on any atom is -0.294 e. The van der Waals surface area contributed by atoms with Gasteiger partial charge in [0.05, 0.1) is 0 Å². The van der Waals surface area contributed by atoms with Gasteiger partial charge in [0.1, 0.15) is 6.61 Å². The Morgan fingerprint density at radius 1 is 1.67 bits per heavy atom. The van der Waals surface area contributed by atoms with E-state index in [0.29, 0.717) is 0 Å².